The molecule has 5 N–H and O–H groups in total. The van der Waals surface area contributed by atoms with Crippen molar-refractivity contribution in [1.29, 1.82) is 0 Å². The van der Waals surface area contributed by atoms with Crippen LogP contribution in [0.4, 0.5) is 5.69 Å². The van der Waals surface area contributed by atoms with Crippen LogP contribution in [0.5, 0.6) is 0 Å². The van der Waals surface area contributed by atoms with E-state index in [-0.39, 0.29) is 36.4 Å². The molecule has 1 rings (SSSR count). The molecule has 0 spiro atoms. The lowest BCUT2D eigenvalue weighted by Gasteiger charge is -2.09. The lowest BCUT2D eigenvalue weighted by molar-refractivity contribution is -0.123. The van der Waals surface area contributed by atoms with E-state index in [1.165, 1.54) is 12.1 Å². The Balaban J connectivity index is 0.00000484. The summed E-state index contributed by atoms with van der Waals surface area (Å²) in [4.78, 5) is 34.4. The van der Waals surface area contributed by atoms with Crippen LogP contribution in [0, 0.1) is 0 Å². The Morgan fingerprint density at radius 2 is 1.87 bits per heavy atom. The molecule has 1 aromatic carbocycles. The number of nitrogens with one attached hydrogen (secondary N) is 3. The molecule has 0 radical (unpaired) electrons. The van der Waals surface area contributed by atoms with Crippen molar-refractivity contribution in [3.8, 4) is 0 Å². The number of carbonyl (C=O) groups excluding carboxylic acids is 3. The summed E-state index contributed by atoms with van der Waals surface area (Å²) in [5.74, 6) is -1.10. The molecule has 0 aromatic heterocycles. The monoisotopic (exact) mass is 362 g/mol. The number of amides is 3. The van der Waals surface area contributed by atoms with E-state index in [9.17, 15) is 14.4 Å². The van der Waals surface area contributed by atoms with Gasteiger partial charge in [0, 0.05) is 12.2 Å². The van der Waals surface area contributed by atoms with Crippen molar-refractivity contribution in [1.82, 2.24) is 10.6 Å². The molecule has 0 saturated carbocycles. The number of rotatable bonds is 7. The van der Waals surface area contributed by atoms with Crippen molar-refractivity contribution in [2.45, 2.75) is 13.3 Å². The van der Waals surface area contributed by atoms with Crippen LogP contribution in [-0.4, -0.2) is 37.4 Å². The van der Waals surface area contributed by atoms with E-state index < -0.39 is 11.8 Å². The van der Waals surface area contributed by atoms with Crippen molar-refractivity contribution in [2.75, 3.05) is 25.0 Å². The van der Waals surface area contributed by atoms with Gasteiger partial charge >= 0.3 is 0 Å². The van der Waals surface area contributed by atoms with E-state index in [1.807, 2.05) is 6.92 Å². The second-order valence-electron chi connectivity index (χ2n) is 4.48. The Hall–Kier alpha value is -1.83. The van der Waals surface area contributed by atoms with Gasteiger partial charge in [0.25, 0.3) is 5.91 Å². The van der Waals surface area contributed by atoms with Crippen molar-refractivity contribution < 1.29 is 14.4 Å². The third-order valence-corrected chi connectivity index (χ3v) is 2.98. The summed E-state index contributed by atoms with van der Waals surface area (Å²) < 4.78 is 0. The second kappa shape index (κ2) is 10.8. The molecule has 3 amide bonds. The van der Waals surface area contributed by atoms with Crippen molar-refractivity contribution >= 4 is 47.4 Å². The molecule has 0 unspecified atom stereocenters. The molecule has 0 fully saturated rings. The SMILES string of the molecule is CCCNC(=O)c1ccc(NC(=O)CNC(=O)CN)cc1Cl.Cl. The summed E-state index contributed by atoms with van der Waals surface area (Å²) in [6, 6.07) is 4.57. The predicted octanol–water partition coefficient (Wildman–Crippen LogP) is 0.915. The molecular weight excluding hydrogens is 343 g/mol. The lowest BCUT2D eigenvalue weighted by Crippen LogP contribution is -2.36. The molecule has 0 heterocycles. The summed E-state index contributed by atoms with van der Waals surface area (Å²) in [6.45, 7) is 2.14. The molecule has 1 aromatic rings. The van der Waals surface area contributed by atoms with Crippen LogP contribution in [0.15, 0.2) is 18.2 Å². The Bertz CT molecular complexity index is 567. The Morgan fingerprint density at radius 1 is 1.17 bits per heavy atom. The number of hydrogen-bond acceptors (Lipinski definition) is 4. The number of anilines is 1. The summed E-state index contributed by atoms with van der Waals surface area (Å²) in [5.41, 5.74) is 5.88. The highest BCUT2D eigenvalue weighted by Crippen LogP contribution is 2.21. The number of carbonyl (C=O) groups is 3. The maximum absolute atomic E-state index is 11.8. The first-order chi connectivity index (χ1) is 10.5. The van der Waals surface area contributed by atoms with Gasteiger partial charge in [0.1, 0.15) is 0 Å². The van der Waals surface area contributed by atoms with E-state index in [0.29, 0.717) is 17.8 Å². The summed E-state index contributed by atoms with van der Waals surface area (Å²) in [6.07, 6.45) is 0.825. The zero-order valence-electron chi connectivity index (χ0n) is 12.6. The fraction of sp³-hybridized carbons (Fsp3) is 0.357. The van der Waals surface area contributed by atoms with Gasteiger partial charge in [-0.1, -0.05) is 18.5 Å². The normalized spacial score (nSPS) is 9.52. The number of nitrogens with two attached hydrogens (primary N) is 1. The average molecular weight is 363 g/mol. The third kappa shape index (κ3) is 7.32. The molecule has 0 aliphatic rings. The molecule has 0 aliphatic heterocycles. The zero-order chi connectivity index (χ0) is 16.5. The number of benzene rings is 1. The van der Waals surface area contributed by atoms with Gasteiger partial charge in [0.2, 0.25) is 11.8 Å². The minimum absolute atomic E-state index is 0. The van der Waals surface area contributed by atoms with Crippen LogP contribution in [0.3, 0.4) is 0 Å². The zero-order valence-corrected chi connectivity index (χ0v) is 14.2. The summed E-state index contributed by atoms with van der Waals surface area (Å²) >= 11 is 6.04. The molecule has 128 valence electrons. The smallest absolute Gasteiger partial charge is 0.252 e. The molecule has 0 atom stereocenters. The largest absolute Gasteiger partial charge is 0.352 e. The van der Waals surface area contributed by atoms with Gasteiger partial charge in [0.15, 0.2) is 0 Å². The summed E-state index contributed by atoms with van der Waals surface area (Å²) in [5, 5.41) is 7.86. The first-order valence-electron chi connectivity index (χ1n) is 6.82. The molecule has 23 heavy (non-hydrogen) atoms. The standard InChI is InChI=1S/C14H19ClN4O3.ClH/c1-2-5-17-14(22)10-4-3-9(6-11(10)15)19-13(21)8-18-12(20)7-16;/h3-4,6H,2,5,7-8,16H2,1H3,(H,17,22)(H,18,20)(H,19,21);1H. The average Bonchev–Trinajstić information content (AvgIpc) is 2.50. The van der Waals surface area contributed by atoms with E-state index in [4.69, 9.17) is 17.3 Å². The highest BCUT2D eigenvalue weighted by atomic mass is 35.5. The molecule has 9 heteroatoms. The minimum atomic E-state index is -0.420. The van der Waals surface area contributed by atoms with Crippen LogP contribution >= 0.6 is 24.0 Å². The van der Waals surface area contributed by atoms with Gasteiger partial charge in [-0.2, -0.15) is 0 Å². The molecule has 0 saturated heterocycles. The van der Waals surface area contributed by atoms with Gasteiger partial charge in [0.05, 0.1) is 23.7 Å². The second-order valence-corrected chi connectivity index (χ2v) is 4.89. The van der Waals surface area contributed by atoms with Gasteiger partial charge in [-0.25, -0.2) is 0 Å². The van der Waals surface area contributed by atoms with Crippen LogP contribution < -0.4 is 21.7 Å². The topological polar surface area (TPSA) is 113 Å². The number of halogens is 2. The van der Waals surface area contributed by atoms with Gasteiger partial charge in [-0.05, 0) is 24.6 Å². The minimum Gasteiger partial charge on any atom is -0.352 e. The first-order valence-corrected chi connectivity index (χ1v) is 7.20. The molecular formula is C14H20Cl2N4O3. The van der Waals surface area contributed by atoms with Crippen molar-refractivity contribution in [3.63, 3.8) is 0 Å². The highest BCUT2D eigenvalue weighted by molar-refractivity contribution is 6.34. The highest BCUT2D eigenvalue weighted by Gasteiger charge is 2.11. The van der Waals surface area contributed by atoms with Crippen LogP contribution in [0.25, 0.3) is 0 Å². The van der Waals surface area contributed by atoms with Crippen molar-refractivity contribution in [3.05, 3.63) is 28.8 Å². The van der Waals surface area contributed by atoms with E-state index in [2.05, 4.69) is 16.0 Å². The molecule has 0 bridgehead atoms. The lowest BCUT2D eigenvalue weighted by atomic mass is 10.2. The van der Waals surface area contributed by atoms with Crippen LogP contribution in [-0.2, 0) is 9.59 Å². The number of hydrogen-bond donors (Lipinski definition) is 4. The maximum atomic E-state index is 11.8. The Morgan fingerprint density at radius 3 is 2.43 bits per heavy atom. The predicted molar refractivity (Wildman–Crippen MR) is 92.0 cm³/mol. The van der Waals surface area contributed by atoms with Gasteiger partial charge < -0.3 is 21.7 Å². The fourth-order valence-corrected chi connectivity index (χ4v) is 1.83. The maximum Gasteiger partial charge on any atom is 0.252 e. The molecule has 7 nitrogen and oxygen atoms in total. The Kier molecular flexibility index (Phi) is 9.96. The van der Waals surface area contributed by atoms with Crippen molar-refractivity contribution in [2.24, 2.45) is 5.73 Å². The quantitative estimate of drug-likeness (QED) is 0.577. The molecule has 0 aliphatic carbocycles. The fourth-order valence-electron chi connectivity index (χ4n) is 1.57. The van der Waals surface area contributed by atoms with Crippen LogP contribution in [0.2, 0.25) is 5.02 Å². The van der Waals surface area contributed by atoms with Gasteiger partial charge in [-0.15, -0.1) is 12.4 Å². The first kappa shape index (κ1) is 21.2. The van der Waals surface area contributed by atoms with E-state index in [0.717, 1.165) is 6.42 Å². The van der Waals surface area contributed by atoms with E-state index >= 15 is 0 Å². The van der Waals surface area contributed by atoms with Crippen LogP contribution in [0.1, 0.15) is 23.7 Å². The van der Waals surface area contributed by atoms with Gasteiger partial charge in [-0.3, -0.25) is 14.4 Å². The Labute approximate surface area is 145 Å². The summed E-state index contributed by atoms with van der Waals surface area (Å²) in [7, 11) is 0. The van der Waals surface area contributed by atoms with E-state index in [1.54, 1.807) is 6.07 Å². The third-order valence-electron chi connectivity index (χ3n) is 2.66.